The highest BCUT2D eigenvalue weighted by Gasteiger charge is 2.36. The molecule has 0 spiro atoms. The Morgan fingerprint density at radius 2 is 2.26 bits per heavy atom. The number of nitrogens with zero attached hydrogens (tertiary/aromatic N) is 1. The van der Waals surface area contributed by atoms with Gasteiger partial charge in [-0.05, 0) is 37.5 Å². The van der Waals surface area contributed by atoms with Gasteiger partial charge in [0.15, 0.2) is 0 Å². The maximum atomic E-state index is 12.2. The minimum Gasteiger partial charge on any atom is -0.331 e. The third-order valence-corrected chi connectivity index (χ3v) is 4.18. The number of halogens is 1. The lowest BCUT2D eigenvalue weighted by molar-refractivity contribution is -0.140. The fraction of sp³-hybridized carbons (Fsp3) is 0.533. The molecule has 1 saturated heterocycles. The first kappa shape index (κ1) is 14.4. The van der Waals surface area contributed by atoms with E-state index in [0.29, 0.717) is 11.4 Å². The molecule has 1 aliphatic heterocycles. The van der Waals surface area contributed by atoms with Crippen molar-refractivity contribution in [2.45, 2.75) is 51.2 Å². The first-order valence-corrected chi connectivity index (χ1v) is 7.24. The third kappa shape index (κ3) is 2.93. The molecule has 0 radical (unpaired) electrons. The van der Waals surface area contributed by atoms with Gasteiger partial charge in [-0.3, -0.25) is 4.79 Å². The molecule has 3 nitrogen and oxygen atoms in total. The Labute approximate surface area is 119 Å². The number of hydrogen-bond acceptors (Lipinski definition) is 2. The molecule has 1 heterocycles. The molecule has 1 fully saturated rings. The summed E-state index contributed by atoms with van der Waals surface area (Å²) >= 11 is 6.07. The van der Waals surface area contributed by atoms with E-state index < -0.39 is 0 Å². The van der Waals surface area contributed by atoms with E-state index in [0.717, 1.165) is 18.4 Å². The summed E-state index contributed by atoms with van der Waals surface area (Å²) in [6, 6.07) is 7.79. The van der Waals surface area contributed by atoms with E-state index in [9.17, 15) is 4.79 Å². The fourth-order valence-electron chi connectivity index (χ4n) is 2.75. The van der Waals surface area contributed by atoms with Crippen LogP contribution >= 0.6 is 11.6 Å². The van der Waals surface area contributed by atoms with E-state index >= 15 is 0 Å². The summed E-state index contributed by atoms with van der Waals surface area (Å²) in [7, 11) is 0. The molecule has 2 N–H and O–H groups in total. The Balaban J connectivity index is 2.39. The SMILES string of the molecule is CCC(C)N1C(=O)CCC(N)C1c1cccc(Cl)c1. The number of carbonyl (C=O) groups excluding carboxylic acids is 1. The van der Waals surface area contributed by atoms with Crippen LogP contribution in [0, 0.1) is 0 Å². The molecule has 104 valence electrons. The lowest BCUT2D eigenvalue weighted by Crippen LogP contribution is -2.52. The monoisotopic (exact) mass is 280 g/mol. The van der Waals surface area contributed by atoms with Crippen LogP contribution in [-0.2, 0) is 4.79 Å². The van der Waals surface area contributed by atoms with Gasteiger partial charge >= 0.3 is 0 Å². The predicted molar refractivity (Wildman–Crippen MR) is 78.0 cm³/mol. The maximum absolute atomic E-state index is 12.2. The van der Waals surface area contributed by atoms with Gasteiger partial charge < -0.3 is 10.6 Å². The van der Waals surface area contributed by atoms with E-state index in [1.54, 1.807) is 0 Å². The number of piperidine rings is 1. The van der Waals surface area contributed by atoms with E-state index in [2.05, 4.69) is 13.8 Å². The Morgan fingerprint density at radius 3 is 2.89 bits per heavy atom. The first-order chi connectivity index (χ1) is 9.04. The zero-order valence-electron chi connectivity index (χ0n) is 11.5. The molecule has 19 heavy (non-hydrogen) atoms. The number of hydrogen-bond donors (Lipinski definition) is 1. The van der Waals surface area contributed by atoms with Crippen molar-refractivity contribution in [2.24, 2.45) is 5.73 Å². The third-order valence-electron chi connectivity index (χ3n) is 3.94. The minimum absolute atomic E-state index is 0.0230. The average molecular weight is 281 g/mol. The fourth-order valence-corrected chi connectivity index (χ4v) is 2.95. The lowest BCUT2D eigenvalue weighted by Gasteiger charge is -2.43. The van der Waals surface area contributed by atoms with Crippen molar-refractivity contribution in [3.05, 3.63) is 34.9 Å². The van der Waals surface area contributed by atoms with Crippen molar-refractivity contribution in [3.8, 4) is 0 Å². The van der Waals surface area contributed by atoms with Crippen molar-refractivity contribution in [2.75, 3.05) is 0 Å². The number of nitrogens with two attached hydrogens (primary N) is 1. The number of likely N-dealkylation sites (tertiary alicyclic amines) is 1. The molecule has 0 aliphatic carbocycles. The van der Waals surface area contributed by atoms with Crippen LogP contribution < -0.4 is 5.73 Å². The second-order valence-corrected chi connectivity index (χ2v) is 5.70. The Bertz CT molecular complexity index is 463. The molecule has 0 bridgehead atoms. The van der Waals surface area contributed by atoms with Gasteiger partial charge in [0, 0.05) is 23.5 Å². The Hall–Kier alpha value is -1.06. The van der Waals surface area contributed by atoms with Crippen molar-refractivity contribution in [1.82, 2.24) is 4.90 Å². The molecule has 3 atom stereocenters. The number of amides is 1. The number of rotatable bonds is 3. The Morgan fingerprint density at radius 1 is 1.53 bits per heavy atom. The van der Waals surface area contributed by atoms with Crippen LogP contribution in [0.2, 0.25) is 5.02 Å². The highest BCUT2D eigenvalue weighted by atomic mass is 35.5. The molecule has 0 saturated carbocycles. The largest absolute Gasteiger partial charge is 0.331 e. The van der Waals surface area contributed by atoms with Crippen LogP contribution in [0.4, 0.5) is 0 Å². The maximum Gasteiger partial charge on any atom is 0.223 e. The van der Waals surface area contributed by atoms with Crippen molar-refractivity contribution in [3.63, 3.8) is 0 Å². The molecular formula is C15H21ClN2O. The van der Waals surface area contributed by atoms with Crippen LogP contribution in [0.1, 0.15) is 44.7 Å². The molecule has 3 unspecified atom stereocenters. The van der Waals surface area contributed by atoms with Gasteiger partial charge in [-0.1, -0.05) is 30.7 Å². The number of benzene rings is 1. The summed E-state index contributed by atoms with van der Waals surface area (Å²) in [5, 5.41) is 0.687. The van der Waals surface area contributed by atoms with Crippen molar-refractivity contribution < 1.29 is 4.79 Å². The molecule has 1 aromatic rings. The van der Waals surface area contributed by atoms with Crippen molar-refractivity contribution in [1.29, 1.82) is 0 Å². The normalized spacial score (nSPS) is 25.5. The summed E-state index contributed by atoms with van der Waals surface area (Å²) in [5.74, 6) is 0.195. The van der Waals surface area contributed by atoms with Crippen LogP contribution in [-0.4, -0.2) is 22.9 Å². The van der Waals surface area contributed by atoms with Gasteiger partial charge in [0.1, 0.15) is 0 Å². The van der Waals surface area contributed by atoms with E-state index in [1.807, 2.05) is 29.2 Å². The van der Waals surface area contributed by atoms with Crippen LogP contribution in [0.25, 0.3) is 0 Å². The van der Waals surface area contributed by atoms with Gasteiger partial charge in [0.25, 0.3) is 0 Å². The predicted octanol–water partition coefficient (Wildman–Crippen LogP) is 3.13. The summed E-state index contributed by atoms with van der Waals surface area (Å²) < 4.78 is 0. The smallest absolute Gasteiger partial charge is 0.223 e. The quantitative estimate of drug-likeness (QED) is 0.925. The minimum atomic E-state index is -0.0603. The van der Waals surface area contributed by atoms with Gasteiger partial charge in [0.2, 0.25) is 5.91 Å². The average Bonchev–Trinajstić information content (AvgIpc) is 2.40. The van der Waals surface area contributed by atoms with Gasteiger partial charge in [-0.2, -0.15) is 0 Å². The van der Waals surface area contributed by atoms with E-state index in [4.69, 9.17) is 17.3 Å². The summed E-state index contributed by atoms with van der Waals surface area (Å²) in [4.78, 5) is 14.2. The second-order valence-electron chi connectivity index (χ2n) is 5.26. The molecule has 1 amide bonds. The standard InChI is InChI=1S/C15H21ClN2O/c1-3-10(2)18-14(19)8-7-13(17)15(18)11-5-4-6-12(16)9-11/h4-6,9-10,13,15H,3,7-8,17H2,1-2H3. The van der Waals surface area contributed by atoms with Crippen LogP contribution in [0.3, 0.4) is 0 Å². The summed E-state index contributed by atoms with van der Waals surface area (Å²) in [6.45, 7) is 4.17. The topological polar surface area (TPSA) is 46.3 Å². The van der Waals surface area contributed by atoms with E-state index in [1.165, 1.54) is 0 Å². The van der Waals surface area contributed by atoms with Crippen LogP contribution in [0.15, 0.2) is 24.3 Å². The Kier molecular flexibility index (Phi) is 4.48. The van der Waals surface area contributed by atoms with Gasteiger partial charge in [-0.15, -0.1) is 0 Å². The molecule has 1 aliphatic rings. The van der Waals surface area contributed by atoms with Gasteiger partial charge in [-0.25, -0.2) is 0 Å². The summed E-state index contributed by atoms with van der Waals surface area (Å²) in [6.07, 6.45) is 2.21. The highest BCUT2D eigenvalue weighted by molar-refractivity contribution is 6.30. The van der Waals surface area contributed by atoms with Gasteiger partial charge in [0.05, 0.1) is 6.04 Å². The second kappa shape index (κ2) is 5.93. The van der Waals surface area contributed by atoms with Crippen LogP contribution in [0.5, 0.6) is 0 Å². The number of carbonyl (C=O) groups is 1. The zero-order chi connectivity index (χ0) is 14.0. The highest BCUT2D eigenvalue weighted by Crippen LogP contribution is 2.34. The van der Waals surface area contributed by atoms with Crippen molar-refractivity contribution >= 4 is 17.5 Å². The lowest BCUT2D eigenvalue weighted by atomic mass is 9.89. The molecule has 2 rings (SSSR count). The first-order valence-electron chi connectivity index (χ1n) is 6.86. The molecule has 1 aromatic carbocycles. The molecular weight excluding hydrogens is 260 g/mol. The molecule has 0 aromatic heterocycles. The molecule has 4 heteroatoms. The zero-order valence-corrected chi connectivity index (χ0v) is 12.2. The summed E-state index contributed by atoms with van der Waals surface area (Å²) in [5.41, 5.74) is 7.30. The van der Waals surface area contributed by atoms with E-state index in [-0.39, 0.29) is 24.0 Å².